The number of aromatic nitrogens is 4. The van der Waals surface area contributed by atoms with Gasteiger partial charge in [0.15, 0.2) is 5.65 Å². The molecule has 0 saturated carbocycles. The number of nitrogens with zero attached hydrogens (tertiary/aromatic N) is 3. The molecule has 148 valence electrons. The van der Waals surface area contributed by atoms with E-state index in [1.54, 1.807) is 24.3 Å². The fourth-order valence-corrected chi connectivity index (χ4v) is 4.17. The van der Waals surface area contributed by atoms with E-state index in [4.69, 9.17) is 40.5 Å². The zero-order chi connectivity index (χ0) is 20.7. The second-order valence-electron chi connectivity index (χ2n) is 6.56. The second-order valence-corrected chi connectivity index (χ2v) is 7.81. The summed E-state index contributed by atoms with van der Waals surface area (Å²) in [4.78, 5) is 20.4. The van der Waals surface area contributed by atoms with Gasteiger partial charge in [-0.25, -0.2) is 9.67 Å². The summed E-state index contributed by atoms with van der Waals surface area (Å²) in [6, 6.07) is 10.5. The molecular formula is C20H16Cl3N5O. The topological polar surface area (TPSA) is 89.6 Å². The first-order valence-corrected chi connectivity index (χ1v) is 10.0. The Balaban J connectivity index is 1.93. The van der Waals surface area contributed by atoms with Crippen LogP contribution in [0.1, 0.15) is 24.0 Å². The summed E-state index contributed by atoms with van der Waals surface area (Å²) in [6.45, 7) is 1.92. The molecule has 0 amide bonds. The fraction of sp³-hybridized carbons (Fsp3) is 0.150. The molecule has 0 unspecified atom stereocenters. The van der Waals surface area contributed by atoms with Gasteiger partial charge in [-0.15, -0.1) is 0 Å². The molecule has 0 spiro atoms. The van der Waals surface area contributed by atoms with Crippen LogP contribution in [0.2, 0.25) is 15.1 Å². The Kier molecular flexibility index (Phi) is 5.25. The molecule has 29 heavy (non-hydrogen) atoms. The molecule has 3 N–H and O–H groups in total. The predicted molar refractivity (Wildman–Crippen MR) is 118 cm³/mol. The highest BCUT2D eigenvalue weighted by atomic mass is 35.5. The van der Waals surface area contributed by atoms with Crippen LogP contribution in [-0.2, 0) is 12.8 Å². The van der Waals surface area contributed by atoms with Crippen molar-refractivity contribution in [3.8, 4) is 5.69 Å². The number of nitrogen functional groups attached to an aromatic ring is 1. The van der Waals surface area contributed by atoms with E-state index in [0.29, 0.717) is 61.8 Å². The van der Waals surface area contributed by atoms with Crippen molar-refractivity contribution < 1.29 is 0 Å². The molecule has 0 aliphatic rings. The van der Waals surface area contributed by atoms with E-state index in [1.165, 1.54) is 4.68 Å². The lowest BCUT2D eigenvalue weighted by Gasteiger charge is -2.09. The van der Waals surface area contributed by atoms with E-state index in [-0.39, 0.29) is 5.56 Å². The second kappa shape index (κ2) is 7.71. The van der Waals surface area contributed by atoms with Crippen LogP contribution in [0.25, 0.3) is 16.7 Å². The Bertz CT molecular complexity index is 1260. The molecule has 0 fully saturated rings. The predicted octanol–water partition coefficient (Wildman–Crippen LogP) is 4.80. The van der Waals surface area contributed by atoms with Crippen molar-refractivity contribution in [3.05, 3.63) is 78.9 Å². The molecule has 6 nitrogen and oxygen atoms in total. The number of aromatic amines is 1. The normalized spacial score (nSPS) is 11.3. The van der Waals surface area contributed by atoms with Crippen LogP contribution < -0.4 is 11.3 Å². The molecule has 2 aromatic carbocycles. The highest BCUT2D eigenvalue weighted by Crippen LogP contribution is 2.33. The Morgan fingerprint density at radius 3 is 2.38 bits per heavy atom. The number of hydrogen-bond donors (Lipinski definition) is 2. The summed E-state index contributed by atoms with van der Waals surface area (Å²) in [6.07, 6.45) is 0.981. The SMILES string of the molecule is CCc1nn(-c2c(Cl)cc(Cl)cc2Cl)c2nc(Cc3ccc(N)cc3)[nH]c(=O)c12. The van der Waals surface area contributed by atoms with Crippen LogP contribution in [0.5, 0.6) is 0 Å². The number of nitrogens with one attached hydrogen (secondary N) is 1. The monoisotopic (exact) mass is 447 g/mol. The molecular weight excluding hydrogens is 433 g/mol. The standard InChI is InChI=1S/C20H16Cl3N5O/c1-2-15-17-19(28(27-15)18-13(22)8-11(21)9-14(18)23)25-16(26-20(17)29)7-10-3-5-12(24)6-4-10/h3-6,8-9H,2,7,24H2,1H3,(H,25,26,29). The molecule has 0 bridgehead atoms. The molecule has 0 atom stereocenters. The Hall–Kier alpha value is -2.54. The Morgan fingerprint density at radius 2 is 1.76 bits per heavy atom. The largest absolute Gasteiger partial charge is 0.399 e. The number of nitrogens with two attached hydrogens (primary N) is 1. The van der Waals surface area contributed by atoms with Gasteiger partial charge in [-0.05, 0) is 36.2 Å². The first-order chi connectivity index (χ1) is 13.9. The van der Waals surface area contributed by atoms with Crippen molar-refractivity contribution in [2.24, 2.45) is 0 Å². The van der Waals surface area contributed by atoms with E-state index in [1.807, 2.05) is 19.1 Å². The van der Waals surface area contributed by atoms with Gasteiger partial charge in [0.05, 0.1) is 15.7 Å². The number of benzene rings is 2. The summed E-state index contributed by atoms with van der Waals surface area (Å²) in [5.74, 6) is 0.497. The van der Waals surface area contributed by atoms with E-state index >= 15 is 0 Å². The number of hydrogen-bond acceptors (Lipinski definition) is 4. The van der Waals surface area contributed by atoms with Gasteiger partial charge in [0, 0.05) is 17.1 Å². The number of aryl methyl sites for hydroxylation is 1. The van der Waals surface area contributed by atoms with Crippen molar-refractivity contribution in [1.82, 2.24) is 19.7 Å². The molecule has 4 aromatic rings. The maximum Gasteiger partial charge on any atom is 0.262 e. The lowest BCUT2D eigenvalue weighted by Crippen LogP contribution is -2.13. The van der Waals surface area contributed by atoms with Gasteiger partial charge in [0.1, 0.15) is 16.9 Å². The minimum Gasteiger partial charge on any atom is -0.399 e. The van der Waals surface area contributed by atoms with E-state index in [9.17, 15) is 4.79 Å². The molecule has 4 rings (SSSR count). The van der Waals surface area contributed by atoms with Crippen molar-refractivity contribution in [2.45, 2.75) is 19.8 Å². The van der Waals surface area contributed by atoms with Gasteiger partial charge in [0.25, 0.3) is 5.56 Å². The van der Waals surface area contributed by atoms with Crippen molar-refractivity contribution in [3.63, 3.8) is 0 Å². The van der Waals surface area contributed by atoms with Gasteiger partial charge >= 0.3 is 0 Å². The van der Waals surface area contributed by atoms with Gasteiger partial charge in [-0.2, -0.15) is 5.10 Å². The van der Waals surface area contributed by atoms with Crippen molar-refractivity contribution >= 4 is 51.5 Å². The first kappa shape index (κ1) is 19.8. The zero-order valence-corrected chi connectivity index (χ0v) is 17.6. The van der Waals surface area contributed by atoms with Crippen LogP contribution in [0.3, 0.4) is 0 Å². The minimum atomic E-state index is -0.259. The molecule has 2 aromatic heterocycles. The first-order valence-electron chi connectivity index (χ1n) is 8.87. The Labute approximate surface area is 181 Å². The van der Waals surface area contributed by atoms with Crippen molar-refractivity contribution in [1.29, 1.82) is 0 Å². The number of H-pyrrole nitrogens is 1. The third kappa shape index (κ3) is 3.71. The van der Waals surface area contributed by atoms with Gasteiger partial charge in [-0.3, -0.25) is 4.79 Å². The average Bonchev–Trinajstić information content (AvgIpc) is 3.02. The maximum absolute atomic E-state index is 12.8. The Morgan fingerprint density at radius 1 is 1.10 bits per heavy atom. The number of halogens is 3. The highest BCUT2D eigenvalue weighted by Gasteiger charge is 2.20. The lowest BCUT2D eigenvalue weighted by atomic mass is 10.1. The van der Waals surface area contributed by atoms with Gasteiger partial charge in [0.2, 0.25) is 0 Å². The average molecular weight is 449 g/mol. The van der Waals surface area contributed by atoms with E-state index < -0.39 is 0 Å². The van der Waals surface area contributed by atoms with Crippen LogP contribution in [0.15, 0.2) is 41.2 Å². The third-order valence-corrected chi connectivity index (χ3v) is 5.33. The molecule has 0 aliphatic carbocycles. The van der Waals surface area contributed by atoms with Crippen LogP contribution in [-0.4, -0.2) is 19.7 Å². The molecule has 0 radical (unpaired) electrons. The summed E-state index contributed by atoms with van der Waals surface area (Å²) in [5, 5.41) is 6.01. The summed E-state index contributed by atoms with van der Waals surface area (Å²) in [7, 11) is 0. The number of rotatable bonds is 4. The molecule has 0 aliphatic heterocycles. The number of fused-ring (bicyclic) bond motifs is 1. The molecule has 2 heterocycles. The summed E-state index contributed by atoms with van der Waals surface area (Å²) < 4.78 is 1.51. The van der Waals surface area contributed by atoms with Crippen LogP contribution >= 0.6 is 34.8 Å². The zero-order valence-electron chi connectivity index (χ0n) is 15.3. The van der Waals surface area contributed by atoms with Crippen LogP contribution in [0.4, 0.5) is 5.69 Å². The summed E-state index contributed by atoms with van der Waals surface area (Å²) in [5.41, 5.74) is 8.54. The summed E-state index contributed by atoms with van der Waals surface area (Å²) >= 11 is 18.8. The molecule has 0 saturated heterocycles. The van der Waals surface area contributed by atoms with E-state index in [0.717, 1.165) is 5.56 Å². The molecule has 9 heteroatoms. The van der Waals surface area contributed by atoms with E-state index in [2.05, 4.69) is 15.1 Å². The minimum absolute atomic E-state index is 0.259. The van der Waals surface area contributed by atoms with Gasteiger partial charge < -0.3 is 10.7 Å². The van der Waals surface area contributed by atoms with Crippen LogP contribution in [0, 0.1) is 0 Å². The van der Waals surface area contributed by atoms with Crippen molar-refractivity contribution in [2.75, 3.05) is 5.73 Å². The van der Waals surface area contributed by atoms with Gasteiger partial charge in [-0.1, -0.05) is 53.9 Å². The third-order valence-electron chi connectivity index (χ3n) is 4.54. The fourth-order valence-electron chi connectivity index (χ4n) is 3.19. The quantitative estimate of drug-likeness (QED) is 0.439. The highest BCUT2D eigenvalue weighted by molar-refractivity contribution is 6.40. The smallest absolute Gasteiger partial charge is 0.262 e. The lowest BCUT2D eigenvalue weighted by molar-refractivity contribution is 0.848. The maximum atomic E-state index is 12.8. The number of anilines is 1.